The average molecular weight is 577 g/mol. The van der Waals surface area contributed by atoms with Gasteiger partial charge in [-0.05, 0) is 23.1 Å². The number of nitrogens with zero attached hydrogens (tertiary/aromatic N) is 2. The van der Waals surface area contributed by atoms with Crippen molar-refractivity contribution in [1.82, 2.24) is 10.2 Å². The van der Waals surface area contributed by atoms with Gasteiger partial charge in [-0.25, -0.2) is 0 Å². The first-order valence-electron chi connectivity index (χ1n) is 10.7. The fourth-order valence-corrected chi connectivity index (χ4v) is 3.71. The van der Waals surface area contributed by atoms with Gasteiger partial charge in [-0.2, -0.15) is 13.2 Å². The Balaban J connectivity index is 0.00000385. The Bertz CT molecular complexity index is 866. The maximum atomic E-state index is 12.2. The van der Waals surface area contributed by atoms with Crippen LogP contribution in [0.3, 0.4) is 0 Å². The highest BCUT2D eigenvalue weighted by Crippen LogP contribution is 2.18. The minimum absolute atomic E-state index is 0. The van der Waals surface area contributed by atoms with Gasteiger partial charge in [0.1, 0.15) is 6.61 Å². The van der Waals surface area contributed by atoms with Crippen molar-refractivity contribution in [2.45, 2.75) is 32.4 Å². The summed E-state index contributed by atoms with van der Waals surface area (Å²) in [6.07, 6.45) is -3.27. The lowest BCUT2D eigenvalue weighted by molar-refractivity contribution is -0.176. The molecule has 0 radical (unpaired) electrons. The minimum atomic E-state index is -4.31. The normalized spacial score (nSPS) is 16.5. The van der Waals surface area contributed by atoms with Crippen molar-refractivity contribution in [2.24, 2.45) is 10.9 Å². The summed E-state index contributed by atoms with van der Waals surface area (Å²) in [4.78, 5) is 6.60. The van der Waals surface area contributed by atoms with Gasteiger partial charge in [0, 0.05) is 32.6 Å². The predicted molar refractivity (Wildman–Crippen MR) is 134 cm³/mol. The Morgan fingerprint density at radius 1 is 1.03 bits per heavy atom. The maximum Gasteiger partial charge on any atom is 0.411 e. The monoisotopic (exact) mass is 577 g/mol. The van der Waals surface area contributed by atoms with E-state index in [4.69, 9.17) is 9.47 Å². The van der Waals surface area contributed by atoms with Crippen LogP contribution in [0.1, 0.15) is 23.1 Å². The lowest BCUT2D eigenvalue weighted by Gasteiger charge is -2.22. The molecule has 2 aromatic rings. The van der Waals surface area contributed by atoms with Crippen molar-refractivity contribution in [3.63, 3.8) is 0 Å². The Hall–Kier alpha value is -1.85. The van der Waals surface area contributed by atoms with E-state index in [-0.39, 0.29) is 30.6 Å². The third-order valence-electron chi connectivity index (χ3n) is 5.24. The molecule has 2 aromatic carbocycles. The van der Waals surface area contributed by atoms with Crippen molar-refractivity contribution >= 4 is 29.9 Å². The van der Waals surface area contributed by atoms with E-state index in [0.717, 1.165) is 31.0 Å². The molecular formula is C24H31F3IN3O2. The molecule has 0 bridgehead atoms. The van der Waals surface area contributed by atoms with Gasteiger partial charge in [-0.15, -0.1) is 24.0 Å². The van der Waals surface area contributed by atoms with Crippen LogP contribution in [0.15, 0.2) is 59.6 Å². The van der Waals surface area contributed by atoms with Gasteiger partial charge in [0.2, 0.25) is 0 Å². The molecule has 1 atom stereocenters. The molecule has 1 fully saturated rings. The van der Waals surface area contributed by atoms with E-state index < -0.39 is 12.8 Å². The largest absolute Gasteiger partial charge is 0.411 e. The highest BCUT2D eigenvalue weighted by molar-refractivity contribution is 14.0. The molecular weight excluding hydrogens is 546 g/mol. The summed E-state index contributed by atoms with van der Waals surface area (Å²) in [6, 6.07) is 17.5. The fourth-order valence-electron chi connectivity index (χ4n) is 3.71. The van der Waals surface area contributed by atoms with Crippen LogP contribution in [0.4, 0.5) is 13.2 Å². The molecule has 5 nitrogen and oxygen atoms in total. The Labute approximate surface area is 210 Å². The van der Waals surface area contributed by atoms with E-state index in [1.807, 2.05) is 36.4 Å². The van der Waals surface area contributed by atoms with E-state index in [0.29, 0.717) is 31.2 Å². The molecule has 33 heavy (non-hydrogen) atoms. The van der Waals surface area contributed by atoms with E-state index in [9.17, 15) is 13.2 Å². The number of hydrogen-bond acceptors (Lipinski definition) is 3. The number of halogens is 4. The molecule has 0 aliphatic carbocycles. The third kappa shape index (κ3) is 9.89. The number of likely N-dealkylation sites (tertiary alicyclic amines) is 1. The van der Waals surface area contributed by atoms with Crippen LogP contribution >= 0.6 is 24.0 Å². The van der Waals surface area contributed by atoms with E-state index >= 15 is 0 Å². The zero-order valence-electron chi connectivity index (χ0n) is 18.7. The van der Waals surface area contributed by atoms with E-state index in [1.54, 1.807) is 13.1 Å². The third-order valence-corrected chi connectivity index (χ3v) is 5.24. The quantitative estimate of drug-likeness (QED) is 0.259. The summed E-state index contributed by atoms with van der Waals surface area (Å²) in [6.45, 7) is 2.33. The summed E-state index contributed by atoms with van der Waals surface area (Å²) in [7, 11) is 1.75. The molecule has 3 rings (SSSR count). The van der Waals surface area contributed by atoms with Crippen molar-refractivity contribution in [1.29, 1.82) is 0 Å². The van der Waals surface area contributed by atoms with Gasteiger partial charge in [0.15, 0.2) is 5.96 Å². The number of aliphatic imine (C=N–C) groups is 1. The summed E-state index contributed by atoms with van der Waals surface area (Å²) in [5, 5.41) is 3.35. The van der Waals surface area contributed by atoms with Crippen LogP contribution in [-0.4, -0.2) is 50.4 Å². The first-order valence-corrected chi connectivity index (χ1v) is 10.7. The lowest BCUT2D eigenvalue weighted by Crippen LogP contribution is -2.39. The summed E-state index contributed by atoms with van der Waals surface area (Å²) < 4.78 is 47.4. The summed E-state index contributed by atoms with van der Waals surface area (Å²) in [5.41, 5.74) is 2.84. The Morgan fingerprint density at radius 2 is 1.73 bits per heavy atom. The molecule has 0 aromatic heterocycles. The highest BCUT2D eigenvalue weighted by atomic mass is 127. The molecule has 0 amide bonds. The van der Waals surface area contributed by atoms with Gasteiger partial charge in [0.25, 0.3) is 0 Å². The summed E-state index contributed by atoms with van der Waals surface area (Å²) >= 11 is 0. The number of ether oxygens (including phenoxy) is 2. The van der Waals surface area contributed by atoms with Crippen molar-refractivity contribution in [3.8, 4) is 0 Å². The molecule has 1 aliphatic heterocycles. The van der Waals surface area contributed by atoms with Crippen LogP contribution in [-0.2, 0) is 29.2 Å². The van der Waals surface area contributed by atoms with Gasteiger partial charge >= 0.3 is 6.18 Å². The second-order valence-electron chi connectivity index (χ2n) is 7.93. The molecule has 1 heterocycles. The number of guanidine groups is 1. The fraction of sp³-hybridized carbons (Fsp3) is 0.458. The van der Waals surface area contributed by atoms with Gasteiger partial charge in [-0.1, -0.05) is 54.6 Å². The molecule has 1 N–H and O–H groups in total. The SMILES string of the molecule is CN=C(NCc1cccc(COCC(F)(F)F)c1)N1CCC(COCc2ccccc2)C1.I. The van der Waals surface area contributed by atoms with Gasteiger partial charge in [0.05, 0.1) is 19.8 Å². The van der Waals surface area contributed by atoms with Crippen LogP contribution < -0.4 is 5.32 Å². The summed E-state index contributed by atoms with van der Waals surface area (Å²) in [5.74, 6) is 1.26. The standard InChI is InChI=1S/C24H30F3N3O2.HI/c1-28-23(29-13-20-8-5-9-21(12-20)16-32-18-24(25,26)27)30-11-10-22(14-30)17-31-15-19-6-3-2-4-7-19;/h2-9,12,22H,10-11,13-18H2,1H3,(H,28,29);1H. The smallest absolute Gasteiger partial charge is 0.376 e. The van der Waals surface area contributed by atoms with E-state index in [2.05, 4.69) is 27.3 Å². The number of rotatable bonds is 9. The highest BCUT2D eigenvalue weighted by Gasteiger charge is 2.27. The molecule has 1 aliphatic rings. The zero-order valence-corrected chi connectivity index (χ0v) is 21.0. The predicted octanol–water partition coefficient (Wildman–Crippen LogP) is 5.00. The molecule has 0 saturated carbocycles. The van der Waals surface area contributed by atoms with Crippen molar-refractivity contribution < 1.29 is 22.6 Å². The van der Waals surface area contributed by atoms with Gasteiger partial charge < -0.3 is 19.7 Å². The number of hydrogen-bond donors (Lipinski definition) is 1. The first kappa shape index (κ1) is 27.4. The lowest BCUT2D eigenvalue weighted by atomic mass is 10.1. The van der Waals surface area contributed by atoms with Gasteiger partial charge in [-0.3, -0.25) is 4.99 Å². The maximum absolute atomic E-state index is 12.2. The minimum Gasteiger partial charge on any atom is -0.376 e. The van der Waals surface area contributed by atoms with Crippen LogP contribution in [0.25, 0.3) is 0 Å². The Morgan fingerprint density at radius 3 is 2.45 bits per heavy atom. The zero-order chi connectivity index (χ0) is 22.8. The number of benzene rings is 2. The van der Waals surface area contributed by atoms with Crippen LogP contribution in [0.2, 0.25) is 0 Å². The topological polar surface area (TPSA) is 46.1 Å². The second-order valence-corrected chi connectivity index (χ2v) is 7.93. The molecule has 1 saturated heterocycles. The van der Waals surface area contributed by atoms with Crippen LogP contribution in [0.5, 0.6) is 0 Å². The second kappa shape index (κ2) is 13.8. The first-order chi connectivity index (χ1) is 15.4. The molecule has 1 unspecified atom stereocenters. The number of nitrogens with one attached hydrogen (secondary N) is 1. The van der Waals surface area contributed by atoms with Crippen molar-refractivity contribution in [2.75, 3.05) is 33.4 Å². The van der Waals surface area contributed by atoms with Crippen LogP contribution in [0, 0.1) is 5.92 Å². The van der Waals surface area contributed by atoms with Crippen molar-refractivity contribution in [3.05, 3.63) is 71.3 Å². The molecule has 9 heteroatoms. The average Bonchev–Trinajstić information content (AvgIpc) is 3.23. The molecule has 182 valence electrons. The Kier molecular flexibility index (Phi) is 11.4. The number of alkyl halides is 3. The molecule has 0 spiro atoms. The van der Waals surface area contributed by atoms with E-state index in [1.165, 1.54) is 5.56 Å².